The lowest BCUT2D eigenvalue weighted by molar-refractivity contribution is -0.148. The van der Waals surface area contributed by atoms with Gasteiger partial charge in [-0.2, -0.15) is 0 Å². The van der Waals surface area contributed by atoms with Crippen LogP contribution in [0.25, 0.3) is 0 Å². The summed E-state index contributed by atoms with van der Waals surface area (Å²) in [7, 11) is 1.81. The quantitative estimate of drug-likeness (QED) is 0.389. The van der Waals surface area contributed by atoms with Gasteiger partial charge in [-0.25, -0.2) is 0 Å². The monoisotopic (exact) mass is 642 g/mol. The summed E-state index contributed by atoms with van der Waals surface area (Å²) in [5, 5.41) is 0.671. The smallest absolute Gasteiger partial charge is 0.252 e. The van der Waals surface area contributed by atoms with E-state index in [2.05, 4.69) is 44.4 Å². The highest BCUT2D eigenvalue weighted by Crippen LogP contribution is 2.42. The summed E-state index contributed by atoms with van der Waals surface area (Å²) in [5.74, 6) is -0.301. The molecule has 3 amide bonds. The number of nitrogens with zero attached hydrogens (tertiary/aromatic N) is 4. The molecule has 1 aromatic rings. The molecular formula is C36H55ClN4O4. The van der Waals surface area contributed by atoms with E-state index in [9.17, 15) is 14.4 Å². The van der Waals surface area contributed by atoms with Crippen LogP contribution in [-0.2, 0) is 19.1 Å². The van der Waals surface area contributed by atoms with Crippen LogP contribution in [0.2, 0.25) is 5.02 Å². The number of likely N-dealkylation sites (N-methyl/N-ethyl adjacent to an activating group) is 1. The first-order valence-electron chi connectivity index (χ1n) is 17.2. The van der Waals surface area contributed by atoms with Crippen LogP contribution in [0.1, 0.15) is 98.0 Å². The molecule has 0 radical (unpaired) electrons. The van der Waals surface area contributed by atoms with Crippen molar-refractivity contribution in [2.45, 2.75) is 122 Å². The average Bonchev–Trinajstić information content (AvgIpc) is 3.77. The van der Waals surface area contributed by atoms with Crippen LogP contribution in [-0.4, -0.2) is 107 Å². The largest absolute Gasteiger partial charge is 0.368 e. The zero-order valence-corrected chi connectivity index (χ0v) is 29.3. The summed E-state index contributed by atoms with van der Waals surface area (Å²) in [6.45, 7) is 16.1. The van der Waals surface area contributed by atoms with Gasteiger partial charge in [-0.05, 0) is 95.8 Å². The number of likely N-dealkylation sites (tertiary alicyclic amines) is 2. The van der Waals surface area contributed by atoms with Crippen LogP contribution in [0, 0.1) is 11.3 Å². The van der Waals surface area contributed by atoms with E-state index in [1.807, 2.05) is 43.1 Å². The molecule has 4 fully saturated rings. The van der Waals surface area contributed by atoms with Gasteiger partial charge in [0, 0.05) is 62.4 Å². The minimum Gasteiger partial charge on any atom is -0.368 e. The van der Waals surface area contributed by atoms with Gasteiger partial charge in [0.25, 0.3) is 5.91 Å². The number of carbonyl (C=O) groups excluding carboxylic acids is 3. The van der Waals surface area contributed by atoms with E-state index >= 15 is 0 Å². The molecule has 9 heteroatoms. The Labute approximate surface area is 275 Å². The predicted octanol–water partition coefficient (Wildman–Crippen LogP) is 5.58. The minimum absolute atomic E-state index is 0.0151. The van der Waals surface area contributed by atoms with Crippen molar-refractivity contribution < 1.29 is 19.1 Å². The molecule has 4 aliphatic rings. The van der Waals surface area contributed by atoms with Crippen molar-refractivity contribution in [2.24, 2.45) is 11.3 Å². The number of benzene rings is 1. The Morgan fingerprint density at radius 3 is 2.22 bits per heavy atom. The Kier molecular flexibility index (Phi) is 10.3. The van der Waals surface area contributed by atoms with Crippen LogP contribution in [0.4, 0.5) is 0 Å². The molecule has 3 saturated heterocycles. The molecule has 3 aliphatic heterocycles. The first kappa shape index (κ1) is 34.2. The van der Waals surface area contributed by atoms with E-state index in [1.54, 1.807) is 4.90 Å². The first-order valence-corrected chi connectivity index (χ1v) is 17.6. The van der Waals surface area contributed by atoms with Crippen molar-refractivity contribution in [3.63, 3.8) is 0 Å². The number of halogens is 1. The maximum Gasteiger partial charge on any atom is 0.252 e. The lowest BCUT2D eigenvalue weighted by atomic mass is 9.75. The summed E-state index contributed by atoms with van der Waals surface area (Å²) < 4.78 is 5.93. The Hall–Kier alpha value is -2.16. The summed E-state index contributed by atoms with van der Waals surface area (Å²) >= 11 is 6.25. The number of amides is 3. The molecular weight excluding hydrogens is 588 g/mol. The molecule has 1 aromatic carbocycles. The van der Waals surface area contributed by atoms with Gasteiger partial charge < -0.3 is 19.4 Å². The van der Waals surface area contributed by atoms with Gasteiger partial charge in [0.1, 0.15) is 12.1 Å². The number of rotatable bonds is 7. The third-order valence-corrected chi connectivity index (χ3v) is 11.4. The molecule has 1 aliphatic carbocycles. The second kappa shape index (κ2) is 13.5. The molecule has 250 valence electrons. The normalized spacial score (nSPS) is 29.2. The summed E-state index contributed by atoms with van der Waals surface area (Å²) in [5.41, 5.74) is 1.24. The van der Waals surface area contributed by atoms with Crippen LogP contribution in [0.3, 0.4) is 0 Å². The topological polar surface area (TPSA) is 73.4 Å². The zero-order chi connectivity index (χ0) is 32.7. The van der Waals surface area contributed by atoms with Gasteiger partial charge in [0.05, 0.1) is 12.0 Å². The fraction of sp³-hybridized carbons (Fsp3) is 0.750. The second-order valence-electron chi connectivity index (χ2n) is 15.7. The molecule has 0 spiro atoms. The van der Waals surface area contributed by atoms with E-state index in [-0.39, 0.29) is 52.6 Å². The van der Waals surface area contributed by atoms with Crippen molar-refractivity contribution in [1.29, 1.82) is 0 Å². The van der Waals surface area contributed by atoms with Crippen LogP contribution < -0.4 is 0 Å². The lowest BCUT2D eigenvalue weighted by Gasteiger charge is -2.43. The third kappa shape index (κ3) is 7.38. The van der Waals surface area contributed by atoms with Crippen molar-refractivity contribution >= 4 is 29.3 Å². The van der Waals surface area contributed by atoms with E-state index in [0.29, 0.717) is 37.7 Å². The van der Waals surface area contributed by atoms with Gasteiger partial charge >= 0.3 is 0 Å². The second-order valence-corrected chi connectivity index (χ2v) is 16.2. The Morgan fingerprint density at radius 1 is 0.978 bits per heavy atom. The summed E-state index contributed by atoms with van der Waals surface area (Å²) in [6, 6.07) is 7.14. The zero-order valence-electron chi connectivity index (χ0n) is 28.6. The molecule has 5 rings (SSSR count). The molecule has 0 N–H and O–H groups in total. The van der Waals surface area contributed by atoms with Gasteiger partial charge in [0.15, 0.2) is 0 Å². The standard InChI is InChI=1S/C36H55ClN4O4/c1-8-38(7)33(43)30-20-27(41(34(44)31-10-9-19-45-31)26-15-17-36(5,6)18-16-26)21-40(30)32(42)29-23-39(35(2,3)4)22-28(29)24-11-13-25(37)14-12-24/h11-14,26-31H,8-10,15-23H2,1-7H3/t27-,28-,29+,30-,31+/m0/s1. The SMILES string of the molecule is CCN(C)C(=O)[C@@H]1C[C@H](N(C(=O)[C@H]2CCCO2)C2CCC(C)(C)CC2)CN1C(=O)[C@@H]1CN(C(C)(C)C)C[C@H]1c1ccc(Cl)cc1. The molecule has 0 aromatic heterocycles. The predicted molar refractivity (Wildman–Crippen MR) is 178 cm³/mol. The van der Waals surface area contributed by atoms with Gasteiger partial charge in [-0.3, -0.25) is 19.3 Å². The Morgan fingerprint density at radius 2 is 1.64 bits per heavy atom. The first-order chi connectivity index (χ1) is 21.2. The Bertz CT molecular complexity index is 1210. The van der Waals surface area contributed by atoms with Gasteiger partial charge in [0.2, 0.25) is 11.8 Å². The lowest BCUT2D eigenvalue weighted by Crippen LogP contribution is -2.53. The molecule has 45 heavy (non-hydrogen) atoms. The molecule has 1 saturated carbocycles. The number of hydrogen-bond donors (Lipinski definition) is 0. The van der Waals surface area contributed by atoms with Crippen molar-refractivity contribution in [2.75, 3.05) is 39.8 Å². The number of carbonyl (C=O) groups is 3. The number of hydrogen-bond acceptors (Lipinski definition) is 5. The number of ether oxygens (including phenoxy) is 1. The minimum atomic E-state index is -0.596. The van der Waals surface area contributed by atoms with E-state index in [4.69, 9.17) is 16.3 Å². The van der Waals surface area contributed by atoms with E-state index < -0.39 is 12.1 Å². The van der Waals surface area contributed by atoms with E-state index in [1.165, 1.54) is 0 Å². The highest BCUT2D eigenvalue weighted by atomic mass is 35.5. The third-order valence-electron chi connectivity index (χ3n) is 11.1. The van der Waals surface area contributed by atoms with Crippen molar-refractivity contribution in [1.82, 2.24) is 19.6 Å². The van der Waals surface area contributed by atoms with Crippen LogP contribution in [0.15, 0.2) is 24.3 Å². The highest BCUT2D eigenvalue weighted by Gasteiger charge is 2.51. The fourth-order valence-corrected chi connectivity index (χ4v) is 8.15. The molecule has 3 heterocycles. The fourth-order valence-electron chi connectivity index (χ4n) is 8.02. The molecule has 8 nitrogen and oxygen atoms in total. The highest BCUT2D eigenvalue weighted by molar-refractivity contribution is 6.30. The summed E-state index contributed by atoms with van der Waals surface area (Å²) in [6.07, 6.45) is 5.63. The molecule has 0 unspecified atom stereocenters. The maximum atomic E-state index is 14.8. The van der Waals surface area contributed by atoms with Crippen LogP contribution in [0.5, 0.6) is 0 Å². The van der Waals surface area contributed by atoms with Crippen LogP contribution >= 0.6 is 11.6 Å². The van der Waals surface area contributed by atoms with Crippen molar-refractivity contribution in [3.8, 4) is 0 Å². The van der Waals surface area contributed by atoms with Gasteiger partial charge in [-0.1, -0.05) is 37.6 Å². The van der Waals surface area contributed by atoms with Crippen molar-refractivity contribution in [3.05, 3.63) is 34.9 Å². The Balaban J connectivity index is 1.47. The average molecular weight is 643 g/mol. The van der Waals surface area contributed by atoms with E-state index in [0.717, 1.165) is 50.6 Å². The summed E-state index contributed by atoms with van der Waals surface area (Å²) in [4.78, 5) is 51.0. The maximum absolute atomic E-state index is 14.8. The molecule has 5 atom stereocenters. The molecule has 0 bridgehead atoms. The van der Waals surface area contributed by atoms with Gasteiger partial charge in [-0.15, -0.1) is 0 Å².